The average molecular weight is 550 g/mol. The number of nitrogens with one attached hydrogen (secondary N) is 1. The minimum Gasteiger partial charge on any atom is -0.406 e. The molecule has 0 saturated carbocycles. The van der Waals surface area contributed by atoms with Crippen LogP contribution in [0, 0.1) is 0 Å². The largest absolute Gasteiger partial charge is 0.573 e. The molecule has 0 bridgehead atoms. The van der Waals surface area contributed by atoms with Crippen molar-refractivity contribution < 1.29 is 17.9 Å². The number of aliphatic imine (C=N–C) groups is 1. The van der Waals surface area contributed by atoms with Gasteiger partial charge < -0.3 is 25.6 Å². The molecule has 0 unspecified atom stereocenters. The van der Waals surface area contributed by atoms with Gasteiger partial charge in [-0.2, -0.15) is 0 Å². The molecule has 1 fully saturated rings. The molecular formula is C20H26F3IN6O. The Morgan fingerprint density at radius 1 is 1.16 bits per heavy atom. The first-order chi connectivity index (χ1) is 14.3. The summed E-state index contributed by atoms with van der Waals surface area (Å²) in [6.45, 7) is 7.49. The number of nitrogens with zero attached hydrogens (tertiary/aromatic N) is 4. The smallest absolute Gasteiger partial charge is 0.406 e. The molecule has 0 aliphatic carbocycles. The average Bonchev–Trinajstić information content (AvgIpc) is 2.73. The Morgan fingerprint density at radius 2 is 1.84 bits per heavy atom. The molecule has 1 aliphatic rings. The van der Waals surface area contributed by atoms with Crippen LogP contribution in [0.4, 0.5) is 24.7 Å². The zero-order valence-electron chi connectivity index (χ0n) is 17.1. The van der Waals surface area contributed by atoms with Crippen LogP contribution in [0.15, 0.2) is 47.6 Å². The van der Waals surface area contributed by atoms with Crippen molar-refractivity contribution in [3.05, 3.63) is 48.2 Å². The Hall–Kier alpha value is -2.28. The lowest BCUT2D eigenvalue weighted by atomic mass is 10.2. The fourth-order valence-electron chi connectivity index (χ4n) is 3.13. The van der Waals surface area contributed by atoms with Crippen LogP contribution in [0.25, 0.3) is 0 Å². The van der Waals surface area contributed by atoms with Gasteiger partial charge in [-0.25, -0.2) is 9.98 Å². The summed E-state index contributed by atoms with van der Waals surface area (Å²) in [6.07, 6.45) is -2.96. The number of aromatic nitrogens is 1. The fraction of sp³-hybridized carbons (Fsp3) is 0.400. The lowest BCUT2D eigenvalue weighted by molar-refractivity contribution is -0.274. The van der Waals surface area contributed by atoms with Crippen LogP contribution in [0.5, 0.6) is 5.75 Å². The van der Waals surface area contributed by atoms with Crippen LogP contribution in [0.2, 0.25) is 0 Å². The van der Waals surface area contributed by atoms with Crippen molar-refractivity contribution in [1.29, 1.82) is 0 Å². The SMILES string of the molecule is CCN1CCN(c2cc(CN=C(N)Nc3ccc(OC(F)(F)F)cc3)ccn2)CC1.I. The molecule has 2 aromatic rings. The third-order valence-electron chi connectivity index (χ3n) is 4.75. The standard InChI is InChI=1S/C20H25F3N6O.HI/c1-2-28-9-11-29(12-10-28)18-13-15(7-8-25-18)14-26-19(24)27-16-3-5-17(6-4-16)30-20(21,22)23;/h3-8,13H,2,9-12,14H2,1H3,(H3,24,26,27);1H. The Labute approximate surface area is 196 Å². The van der Waals surface area contributed by atoms with E-state index in [9.17, 15) is 13.2 Å². The quantitative estimate of drug-likeness (QED) is 0.325. The van der Waals surface area contributed by atoms with Gasteiger partial charge in [-0.15, -0.1) is 37.1 Å². The summed E-state index contributed by atoms with van der Waals surface area (Å²) in [5.41, 5.74) is 7.38. The van der Waals surface area contributed by atoms with Crippen molar-refractivity contribution in [2.45, 2.75) is 19.8 Å². The highest BCUT2D eigenvalue weighted by Gasteiger charge is 2.30. The number of guanidine groups is 1. The van der Waals surface area contributed by atoms with Crippen molar-refractivity contribution in [1.82, 2.24) is 9.88 Å². The van der Waals surface area contributed by atoms with Crippen molar-refractivity contribution in [2.75, 3.05) is 42.9 Å². The predicted molar refractivity (Wildman–Crippen MR) is 126 cm³/mol. The summed E-state index contributed by atoms with van der Waals surface area (Å²) in [5, 5.41) is 2.85. The van der Waals surface area contributed by atoms with E-state index in [2.05, 4.69) is 36.8 Å². The molecule has 1 aromatic carbocycles. The molecule has 1 aliphatic heterocycles. The fourth-order valence-corrected chi connectivity index (χ4v) is 3.13. The first-order valence-corrected chi connectivity index (χ1v) is 9.67. The highest BCUT2D eigenvalue weighted by molar-refractivity contribution is 14.0. The number of anilines is 2. The molecule has 170 valence electrons. The van der Waals surface area contributed by atoms with Gasteiger partial charge in [-0.05, 0) is 48.5 Å². The van der Waals surface area contributed by atoms with Gasteiger partial charge in [0.25, 0.3) is 0 Å². The number of halogens is 4. The second-order valence-electron chi connectivity index (χ2n) is 6.84. The van der Waals surface area contributed by atoms with Gasteiger partial charge >= 0.3 is 6.36 Å². The highest BCUT2D eigenvalue weighted by Crippen LogP contribution is 2.24. The van der Waals surface area contributed by atoms with E-state index >= 15 is 0 Å². The molecule has 31 heavy (non-hydrogen) atoms. The van der Waals surface area contributed by atoms with E-state index < -0.39 is 6.36 Å². The van der Waals surface area contributed by atoms with Crippen molar-refractivity contribution in [3.63, 3.8) is 0 Å². The normalized spacial score (nSPS) is 15.4. The summed E-state index contributed by atoms with van der Waals surface area (Å²) >= 11 is 0. The molecule has 11 heteroatoms. The first kappa shape index (κ1) is 25.0. The van der Waals surface area contributed by atoms with Crippen LogP contribution in [-0.2, 0) is 6.54 Å². The zero-order valence-corrected chi connectivity index (χ0v) is 19.4. The van der Waals surface area contributed by atoms with Crippen molar-refractivity contribution in [3.8, 4) is 5.75 Å². The summed E-state index contributed by atoms with van der Waals surface area (Å²) < 4.78 is 40.5. The van der Waals surface area contributed by atoms with Gasteiger partial charge in [0.15, 0.2) is 5.96 Å². The number of rotatable bonds is 6. The maximum Gasteiger partial charge on any atom is 0.573 e. The molecule has 2 heterocycles. The van der Waals surface area contributed by atoms with E-state index in [4.69, 9.17) is 5.73 Å². The van der Waals surface area contributed by atoms with Gasteiger partial charge in [0.05, 0.1) is 6.54 Å². The number of pyridine rings is 1. The maximum absolute atomic E-state index is 12.2. The highest BCUT2D eigenvalue weighted by atomic mass is 127. The zero-order chi connectivity index (χ0) is 21.6. The molecular weight excluding hydrogens is 524 g/mol. The van der Waals surface area contributed by atoms with E-state index in [0.29, 0.717) is 12.2 Å². The molecule has 1 saturated heterocycles. The van der Waals surface area contributed by atoms with Crippen LogP contribution in [0.3, 0.4) is 0 Å². The molecule has 3 rings (SSSR count). The predicted octanol–water partition coefficient (Wildman–Crippen LogP) is 3.67. The number of piperazine rings is 1. The molecule has 0 radical (unpaired) electrons. The van der Waals surface area contributed by atoms with E-state index in [1.807, 2.05) is 12.1 Å². The van der Waals surface area contributed by atoms with E-state index in [1.165, 1.54) is 24.3 Å². The monoisotopic (exact) mass is 550 g/mol. The van der Waals surface area contributed by atoms with Crippen LogP contribution < -0.4 is 20.7 Å². The molecule has 7 nitrogen and oxygen atoms in total. The number of alkyl halides is 3. The van der Waals surface area contributed by atoms with E-state index in [1.54, 1.807) is 6.20 Å². The minimum absolute atomic E-state index is 0. The van der Waals surface area contributed by atoms with Gasteiger partial charge in [0, 0.05) is 38.1 Å². The third-order valence-corrected chi connectivity index (χ3v) is 4.75. The van der Waals surface area contributed by atoms with Crippen molar-refractivity contribution in [2.24, 2.45) is 10.7 Å². The Kier molecular flexibility index (Phi) is 9.16. The summed E-state index contributed by atoms with van der Waals surface area (Å²) in [7, 11) is 0. The Bertz CT molecular complexity index is 855. The molecule has 1 aromatic heterocycles. The number of nitrogens with two attached hydrogens (primary N) is 1. The molecule has 0 spiro atoms. The number of ether oxygens (including phenoxy) is 1. The number of likely N-dealkylation sites (N-methyl/N-ethyl adjacent to an activating group) is 1. The summed E-state index contributed by atoms with van der Waals surface area (Å²) in [5.74, 6) is 0.785. The second kappa shape index (κ2) is 11.4. The van der Waals surface area contributed by atoms with Crippen LogP contribution in [0.1, 0.15) is 12.5 Å². The number of hydrogen-bond acceptors (Lipinski definition) is 5. The minimum atomic E-state index is -4.72. The Balaban J connectivity index is 0.00000341. The summed E-state index contributed by atoms with van der Waals surface area (Å²) in [4.78, 5) is 13.4. The molecule has 0 amide bonds. The number of benzene rings is 1. The van der Waals surface area contributed by atoms with Gasteiger partial charge in [0.2, 0.25) is 0 Å². The van der Waals surface area contributed by atoms with Gasteiger partial charge in [-0.3, -0.25) is 0 Å². The van der Waals surface area contributed by atoms with Gasteiger partial charge in [0.1, 0.15) is 11.6 Å². The topological polar surface area (TPSA) is 79.0 Å². The van der Waals surface area contributed by atoms with Crippen molar-refractivity contribution >= 4 is 41.4 Å². The van der Waals surface area contributed by atoms with E-state index in [0.717, 1.165) is 44.1 Å². The molecule has 3 N–H and O–H groups in total. The van der Waals surface area contributed by atoms with Gasteiger partial charge in [-0.1, -0.05) is 6.92 Å². The maximum atomic E-state index is 12.2. The lowest BCUT2D eigenvalue weighted by Crippen LogP contribution is -2.46. The second-order valence-corrected chi connectivity index (χ2v) is 6.84. The Morgan fingerprint density at radius 3 is 2.45 bits per heavy atom. The first-order valence-electron chi connectivity index (χ1n) is 9.67. The lowest BCUT2D eigenvalue weighted by Gasteiger charge is -2.34. The van der Waals surface area contributed by atoms with E-state index in [-0.39, 0.29) is 35.7 Å². The summed E-state index contributed by atoms with van der Waals surface area (Å²) in [6, 6.07) is 9.16. The number of hydrogen-bond donors (Lipinski definition) is 2. The molecule has 0 atom stereocenters. The third kappa shape index (κ3) is 8.05. The van der Waals surface area contributed by atoms with Crippen LogP contribution >= 0.6 is 24.0 Å². The van der Waals surface area contributed by atoms with Crippen LogP contribution in [-0.4, -0.2) is 54.9 Å².